The van der Waals surface area contributed by atoms with Gasteiger partial charge >= 0.3 is 0 Å². The van der Waals surface area contributed by atoms with Gasteiger partial charge < -0.3 is 9.13 Å². The van der Waals surface area contributed by atoms with Gasteiger partial charge in [-0.05, 0) is 58.3 Å². The zero-order valence-electron chi connectivity index (χ0n) is 33.7. The van der Waals surface area contributed by atoms with Gasteiger partial charge in [-0.3, -0.25) is 0 Å². The predicted molar refractivity (Wildman–Crippen MR) is 258 cm³/mol. The number of rotatable bonds is 5. The van der Waals surface area contributed by atoms with Crippen molar-refractivity contribution in [3.8, 4) is 39.9 Å². The minimum absolute atomic E-state index is 0.205. The van der Waals surface area contributed by atoms with Gasteiger partial charge in [0.05, 0.1) is 33.8 Å². The average Bonchev–Trinajstić information content (AvgIpc) is 3.85. The average molecular weight is 792 g/mol. The predicted octanol–water partition coefficient (Wildman–Crippen LogP) is 14.6. The van der Waals surface area contributed by atoms with Crippen LogP contribution in [0.2, 0.25) is 0 Å². The number of aromatic nitrogens is 5. The highest BCUT2D eigenvalue weighted by Crippen LogP contribution is 2.43. The van der Waals surface area contributed by atoms with Gasteiger partial charge in [0.25, 0.3) is 0 Å². The summed E-state index contributed by atoms with van der Waals surface area (Å²) in [6.07, 6.45) is 9.95. The van der Waals surface area contributed by atoms with Crippen molar-refractivity contribution in [2.24, 2.45) is 0 Å². The molecule has 0 N–H and O–H groups in total. The van der Waals surface area contributed by atoms with E-state index in [0.29, 0.717) is 17.5 Å². The molecule has 3 aromatic heterocycles. The summed E-state index contributed by atoms with van der Waals surface area (Å²) in [7, 11) is 0. The molecule has 0 saturated carbocycles. The lowest BCUT2D eigenvalue weighted by Crippen LogP contribution is -2.07. The summed E-state index contributed by atoms with van der Waals surface area (Å²) in [6.45, 7) is 0. The lowest BCUT2D eigenvalue weighted by atomic mass is 10.0. The first-order valence-electron chi connectivity index (χ1n) is 21.3. The Labute approximate surface area is 357 Å². The van der Waals surface area contributed by atoms with Crippen LogP contribution in [0, 0.1) is 0 Å². The fourth-order valence-corrected chi connectivity index (χ4v) is 10.00. The summed E-state index contributed by atoms with van der Waals surface area (Å²) in [5.74, 6) is 1.94. The SMILES string of the molecule is C1=CCC(n2c3cc4c(cc3c3ccc5ccccc5c32)c2ccccc2n4-c2cccc3cc(-c4nc(-c5ccccc5)nc(-c5cccc6ccccc56)n4)ccc23)C=C1. The molecule has 9 aromatic carbocycles. The molecule has 0 bridgehead atoms. The number of fused-ring (bicyclic) bond motifs is 10. The molecule has 0 fully saturated rings. The summed E-state index contributed by atoms with van der Waals surface area (Å²) >= 11 is 0. The Morgan fingerprint density at radius 3 is 1.94 bits per heavy atom. The first-order chi connectivity index (χ1) is 30.7. The summed E-state index contributed by atoms with van der Waals surface area (Å²) < 4.78 is 5.06. The molecule has 0 aliphatic heterocycles. The van der Waals surface area contributed by atoms with Gasteiger partial charge in [-0.25, -0.2) is 15.0 Å². The normalized spacial score (nSPS) is 14.1. The molecule has 1 unspecified atom stereocenters. The van der Waals surface area contributed by atoms with E-state index in [4.69, 9.17) is 15.0 Å². The Hall–Kier alpha value is -8.15. The molecule has 5 nitrogen and oxygen atoms in total. The fraction of sp³-hybridized carbons (Fsp3) is 0.0351. The van der Waals surface area contributed by atoms with Crippen LogP contribution in [0.5, 0.6) is 0 Å². The minimum Gasteiger partial charge on any atom is -0.333 e. The first-order valence-corrected chi connectivity index (χ1v) is 21.3. The van der Waals surface area contributed by atoms with Crippen LogP contribution in [0.1, 0.15) is 12.5 Å². The molecule has 12 aromatic rings. The second-order valence-electron chi connectivity index (χ2n) is 16.3. The van der Waals surface area contributed by atoms with Crippen LogP contribution in [-0.4, -0.2) is 24.1 Å². The molecule has 62 heavy (non-hydrogen) atoms. The van der Waals surface area contributed by atoms with Crippen molar-refractivity contribution in [2.75, 3.05) is 0 Å². The monoisotopic (exact) mass is 791 g/mol. The quantitative estimate of drug-likeness (QED) is 0.174. The second-order valence-corrected chi connectivity index (χ2v) is 16.3. The Morgan fingerprint density at radius 1 is 0.403 bits per heavy atom. The number of benzene rings is 9. The maximum atomic E-state index is 5.18. The maximum absolute atomic E-state index is 5.18. The molecule has 0 spiro atoms. The van der Waals surface area contributed by atoms with E-state index in [1.807, 2.05) is 18.2 Å². The second kappa shape index (κ2) is 13.7. The lowest BCUT2D eigenvalue weighted by molar-refractivity contribution is 0.649. The molecule has 0 amide bonds. The van der Waals surface area contributed by atoms with Crippen molar-refractivity contribution in [3.05, 3.63) is 206 Å². The summed E-state index contributed by atoms with van der Waals surface area (Å²) in [5.41, 5.74) is 8.89. The van der Waals surface area contributed by atoms with Crippen molar-refractivity contribution in [1.29, 1.82) is 0 Å². The standard InChI is InChI=1S/C57H37N5/c1-3-17-38(18-4-1)55-58-56(60-57(59-55)47-26-13-19-36-15-7-9-23-42(36)47)40-30-31-43-39(33-40)20-14-28-50(43)62-51-27-12-11-25-45(51)48-34-49-46-32-29-37-16-8-10-24-44(37)54(46)61(52(49)35-53(48)62)41-21-5-2-6-22-41/h1-21,23-35,41H,22H2. The van der Waals surface area contributed by atoms with Crippen molar-refractivity contribution < 1.29 is 0 Å². The van der Waals surface area contributed by atoms with E-state index in [1.165, 1.54) is 54.4 Å². The Bertz CT molecular complexity index is 3850. The smallest absolute Gasteiger partial charge is 0.164 e. The van der Waals surface area contributed by atoms with E-state index in [1.54, 1.807) is 0 Å². The van der Waals surface area contributed by atoms with Crippen LogP contribution in [-0.2, 0) is 0 Å². The van der Waals surface area contributed by atoms with E-state index in [-0.39, 0.29) is 6.04 Å². The lowest BCUT2D eigenvalue weighted by Gasteiger charge is -2.19. The molecule has 1 aliphatic rings. The zero-order chi connectivity index (χ0) is 40.7. The molecular weight excluding hydrogens is 755 g/mol. The van der Waals surface area contributed by atoms with E-state index >= 15 is 0 Å². The van der Waals surface area contributed by atoms with E-state index in [0.717, 1.165) is 50.3 Å². The van der Waals surface area contributed by atoms with Gasteiger partial charge in [0.15, 0.2) is 17.5 Å². The Kier molecular flexibility index (Phi) is 7.66. The number of hydrogen-bond acceptors (Lipinski definition) is 3. The molecule has 290 valence electrons. The third kappa shape index (κ3) is 5.31. The molecule has 13 rings (SSSR count). The highest BCUT2D eigenvalue weighted by molar-refractivity contribution is 6.23. The zero-order valence-corrected chi connectivity index (χ0v) is 33.7. The molecule has 1 atom stereocenters. The van der Waals surface area contributed by atoms with Crippen LogP contribution < -0.4 is 0 Å². The molecule has 3 heterocycles. The van der Waals surface area contributed by atoms with E-state index in [9.17, 15) is 0 Å². The number of para-hydroxylation sites is 1. The Balaban J connectivity index is 1.03. The van der Waals surface area contributed by atoms with Crippen molar-refractivity contribution in [2.45, 2.75) is 12.5 Å². The molecular formula is C57H37N5. The van der Waals surface area contributed by atoms with E-state index < -0.39 is 0 Å². The van der Waals surface area contributed by atoms with Crippen LogP contribution >= 0.6 is 0 Å². The molecule has 0 radical (unpaired) electrons. The van der Waals surface area contributed by atoms with Gasteiger partial charge in [-0.15, -0.1) is 0 Å². The van der Waals surface area contributed by atoms with Crippen LogP contribution in [0.3, 0.4) is 0 Å². The first kappa shape index (κ1) is 34.7. The third-order valence-corrected chi connectivity index (χ3v) is 12.8. The minimum atomic E-state index is 0.205. The number of hydrogen-bond donors (Lipinski definition) is 0. The largest absolute Gasteiger partial charge is 0.333 e. The van der Waals surface area contributed by atoms with Crippen molar-refractivity contribution in [3.63, 3.8) is 0 Å². The van der Waals surface area contributed by atoms with Gasteiger partial charge in [-0.2, -0.15) is 0 Å². The highest BCUT2D eigenvalue weighted by Gasteiger charge is 2.23. The van der Waals surface area contributed by atoms with Crippen LogP contribution in [0.25, 0.3) is 116 Å². The topological polar surface area (TPSA) is 48.5 Å². The van der Waals surface area contributed by atoms with Crippen LogP contribution in [0.15, 0.2) is 206 Å². The number of allylic oxidation sites excluding steroid dienone is 4. The maximum Gasteiger partial charge on any atom is 0.164 e. The van der Waals surface area contributed by atoms with Gasteiger partial charge in [0, 0.05) is 49.0 Å². The van der Waals surface area contributed by atoms with Crippen molar-refractivity contribution in [1.82, 2.24) is 24.1 Å². The fourth-order valence-electron chi connectivity index (χ4n) is 10.00. The van der Waals surface area contributed by atoms with Gasteiger partial charge in [0.1, 0.15) is 0 Å². The third-order valence-electron chi connectivity index (χ3n) is 12.8. The van der Waals surface area contributed by atoms with Crippen molar-refractivity contribution >= 4 is 75.9 Å². The molecule has 5 heteroatoms. The van der Waals surface area contributed by atoms with Gasteiger partial charge in [0.2, 0.25) is 0 Å². The summed E-state index contributed by atoms with van der Waals surface area (Å²) in [4.78, 5) is 15.4. The summed E-state index contributed by atoms with van der Waals surface area (Å²) in [5, 5.41) is 12.1. The summed E-state index contributed by atoms with van der Waals surface area (Å²) in [6, 6.07) is 65.5. The highest BCUT2D eigenvalue weighted by atomic mass is 15.0. The Morgan fingerprint density at radius 2 is 1.08 bits per heavy atom. The van der Waals surface area contributed by atoms with E-state index in [2.05, 4.69) is 197 Å². The molecule has 0 saturated heterocycles. The van der Waals surface area contributed by atoms with Gasteiger partial charge in [-0.1, -0.05) is 176 Å². The number of nitrogens with zero attached hydrogens (tertiary/aromatic N) is 5. The van der Waals surface area contributed by atoms with Crippen LogP contribution in [0.4, 0.5) is 0 Å². The molecule has 1 aliphatic carbocycles.